The molecule has 198 valence electrons. The van der Waals surface area contributed by atoms with Gasteiger partial charge in [0.25, 0.3) is 0 Å². The van der Waals surface area contributed by atoms with E-state index < -0.39 is 5.54 Å². The summed E-state index contributed by atoms with van der Waals surface area (Å²) in [6.45, 7) is 7.79. The van der Waals surface area contributed by atoms with E-state index in [0.717, 1.165) is 41.1 Å². The molecule has 0 bridgehead atoms. The van der Waals surface area contributed by atoms with Gasteiger partial charge in [-0.3, -0.25) is 0 Å². The molecule has 1 aliphatic carbocycles. The Kier molecular flexibility index (Phi) is 7.28. The van der Waals surface area contributed by atoms with Crippen LogP contribution < -0.4 is 20.3 Å². The number of aromatic nitrogens is 4. The molecule has 1 saturated heterocycles. The van der Waals surface area contributed by atoms with Gasteiger partial charge in [-0.15, -0.1) is 0 Å². The van der Waals surface area contributed by atoms with Crippen LogP contribution in [-0.4, -0.2) is 67.7 Å². The first-order valence-corrected chi connectivity index (χ1v) is 13.8. The van der Waals surface area contributed by atoms with Gasteiger partial charge in [0.15, 0.2) is 0 Å². The van der Waals surface area contributed by atoms with Gasteiger partial charge in [-0.2, -0.15) is 4.98 Å². The van der Waals surface area contributed by atoms with E-state index in [-0.39, 0.29) is 13.2 Å². The number of aryl methyl sites for hydroxylation is 1. The predicted octanol–water partition coefficient (Wildman–Crippen LogP) is 4.09. The maximum atomic E-state index is 9.65. The van der Waals surface area contributed by atoms with E-state index in [9.17, 15) is 10.2 Å². The van der Waals surface area contributed by atoms with Gasteiger partial charge in [0, 0.05) is 36.3 Å². The van der Waals surface area contributed by atoms with Crippen LogP contribution in [0, 0.1) is 12.3 Å². The summed E-state index contributed by atoms with van der Waals surface area (Å²) in [5.41, 5.74) is 3.69. The number of aliphatic hydroxyl groups excluding tert-OH is 2. The van der Waals surface area contributed by atoms with E-state index in [1.165, 1.54) is 37.6 Å². The molecule has 3 heterocycles. The Labute approximate surface area is 221 Å². The Morgan fingerprint density at radius 2 is 1.84 bits per heavy atom. The quantitative estimate of drug-likeness (QED) is 0.194. The van der Waals surface area contributed by atoms with Crippen LogP contribution in [-0.2, 0) is 0 Å². The molecule has 5 rings (SSSR count). The molecule has 37 heavy (non-hydrogen) atoms. The number of benzene rings is 1. The minimum atomic E-state index is -0.551. The summed E-state index contributed by atoms with van der Waals surface area (Å²) in [5, 5.41) is 26.4. The number of nitrogens with zero attached hydrogens (tertiary/aromatic N) is 5. The predicted molar refractivity (Wildman–Crippen MR) is 151 cm³/mol. The fraction of sp³-hybridized carbons (Fsp3) is 0.538. The highest BCUT2D eigenvalue weighted by Gasteiger charge is 2.44. The molecule has 1 saturated carbocycles. The lowest BCUT2D eigenvalue weighted by molar-refractivity contribution is 0.233. The first-order valence-electron chi connectivity index (χ1n) is 12.8. The Morgan fingerprint density at radius 3 is 2.54 bits per heavy atom. The van der Waals surface area contributed by atoms with Crippen LogP contribution in [0.15, 0.2) is 24.5 Å². The Balaban J connectivity index is 1.51. The number of fused-ring (bicyclic) bond motifs is 1. The molecule has 0 atom stereocenters. The monoisotopic (exact) mass is 524 g/mol. The fourth-order valence-corrected chi connectivity index (χ4v) is 5.28. The second-order valence-corrected chi connectivity index (χ2v) is 11.7. The molecule has 3 aromatic rings. The third-order valence-corrected chi connectivity index (χ3v) is 7.94. The largest absolute Gasteiger partial charge is 0.395 e. The first-order chi connectivity index (χ1) is 17.8. The number of hydrogen-bond donors (Lipinski definition) is 5. The van der Waals surface area contributed by atoms with Crippen molar-refractivity contribution in [3.63, 3.8) is 0 Å². The maximum Gasteiger partial charge on any atom is 0.225 e. The zero-order valence-corrected chi connectivity index (χ0v) is 22.5. The van der Waals surface area contributed by atoms with Gasteiger partial charge in [0.1, 0.15) is 18.0 Å². The van der Waals surface area contributed by atoms with E-state index in [0.29, 0.717) is 28.8 Å². The van der Waals surface area contributed by atoms with Crippen molar-refractivity contribution in [3.05, 3.63) is 30.2 Å². The molecule has 2 aromatic heterocycles. The van der Waals surface area contributed by atoms with Gasteiger partial charge < -0.3 is 30.5 Å². The lowest BCUT2D eigenvalue weighted by atomic mass is 9.93. The van der Waals surface area contributed by atoms with Crippen LogP contribution in [0.4, 0.5) is 29.0 Å². The summed E-state index contributed by atoms with van der Waals surface area (Å²) < 4.78 is 3.36. The molecule has 11 heteroatoms. The zero-order chi connectivity index (χ0) is 26.0. The molecule has 5 N–H and O–H groups in total. The molecule has 1 spiro atoms. The van der Waals surface area contributed by atoms with Crippen LogP contribution in [0.2, 0.25) is 0 Å². The highest BCUT2D eigenvalue weighted by atomic mass is 32.2. The van der Waals surface area contributed by atoms with Gasteiger partial charge in [-0.25, -0.2) is 15.0 Å². The average Bonchev–Trinajstić information content (AvgIpc) is 3.62. The van der Waals surface area contributed by atoms with E-state index in [1.807, 2.05) is 32.9 Å². The number of rotatable bonds is 10. The third kappa shape index (κ3) is 6.00. The second-order valence-electron chi connectivity index (χ2n) is 10.8. The molecule has 0 unspecified atom stereocenters. The lowest BCUT2D eigenvalue weighted by Gasteiger charge is -2.35. The third-order valence-electron chi connectivity index (χ3n) is 7.17. The van der Waals surface area contributed by atoms with E-state index in [4.69, 9.17) is 0 Å². The van der Waals surface area contributed by atoms with Gasteiger partial charge in [0.2, 0.25) is 5.95 Å². The van der Waals surface area contributed by atoms with Crippen LogP contribution >= 0.6 is 11.9 Å². The van der Waals surface area contributed by atoms with Gasteiger partial charge in [0.05, 0.1) is 35.3 Å². The maximum absolute atomic E-state index is 9.65. The molecular weight excluding hydrogens is 488 g/mol. The Hall–Kier alpha value is -2.89. The van der Waals surface area contributed by atoms with Crippen molar-refractivity contribution in [2.24, 2.45) is 5.41 Å². The number of piperidine rings is 1. The number of nitrogens with one attached hydrogen (secondary N) is 3. The van der Waals surface area contributed by atoms with Crippen LogP contribution in [0.25, 0.3) is 10.9 Å². The number of aliphatic hydroxyl groups is 2. The second kappa shape index (κ2) is 10.5. The van der Waals surface area contributed by atoms with E-state index in [1.54, 1.807) is 6.33 Å². The van der Waals surface area contributed by atoms with Crippen LogP contribution in [0.3, 0.4) is 0 Å². The van der Waals surface area contributed by atoms with Crippen molar-refractivity contribution in [3.8, 4) is 0 Å². The van der Waals surface area contributed by atoms with Crippen molar-refractivity contribution >= 4 is 51.8 Å². The van der Waals surface area contributed by atoms with Gasteiger partial charge in [-0.05, 0) is 64.0 Å². The lowest BCUT2D eigenvalue weighted by Crippen LogP contribution is -2.35. The van der Waals surface area contributed by atoms with E-state index in [2.05, 4.69) is 46.3 Å². The molecular formula is C26H36N8O2S. The van der Waals surface area contributed by atoms with Gasteiger partial charge >= 0.3 is 0 Å². The number of anilines is 5. The summed E-state index contributed by atoms with van der Waals surface area (Å²) >= 11 is 1.48. The van der Waals surface area contributed by atoms with E-state index >= 15 is 0 Å². The molecule has 2 fully saturated rings. The Morgan fingerprint density at radius 1 is 1.05 bits per heavy atom. The van der Waals surface area contributed by atoms with Gasteiger partial charge in [-0.1, -0.05) is 11.9 Å². The van der Waals surface area contributed by atoms with Crippen molar-refractivity contribution < 1.29 is 10.2 Å². The van der Waals surface area contributed by atoms with Crippen molar-refractivity contribution in [2.45, 2.75) is 52.0 Å². The van der Waals surface area contributed by atoms with Crippen LogP contribution in [0.1, 0.15) is 45.2 Å². The Bertz CT molecular complexity index is 1260. The summed E-state index contributed by atoms with van der Waals surface area (Å²) in [4.78, 5) is 20.8. The van der Waals surface area contributed by atoms with Crippen molar-refractivity contribution in [1.82, 2.24) is 19.9 Å². The number of hydrogen-bond acceptors (Lipinski definition) is 11. The standard InChI is InChI=1S/C26H36N8O2S/c1-17-12-21(31-24(29-17)32-25(2,3)15-36)30-23-22-19(27-16-28-23)13-18(33-37-11-10-35)14-20(22)34-8-6-26(4-5-26)7-9-34/h12-14,16,33,35-36H,4-11,15H2,1-3H3,(H2,27,28,29,30,31,32). The minimum absolute atomic E-state index is 0.0446. The molecule has 0 radical (unpaired) electrons. The molecule has 0 amide bonds. The fourth-order valence-electron chi connectivity index (χ4n) is 4.80. The highest BCUT2D eigenvalue weighted by Crippen LogP contribution is 2.54. The summed E-state index contributed by atoms with van der Waals surface area (Å²) in [7, 11) is 0. The smallest absolute Gasteiger partial charge is 0.225 e. The minimum Gasteiger partial charge on any atom is -0.395 e. The normalized spacial score (nSPS) is 16.7. The molecule has 1 aliphatic heterocycles. The summed E-state index contributed by atoms with van der Waals surface area (Å²) in [5.74, 6) is 2.35. The zero-order valence-electron chi connectivity index (χ0n) is 21.7. The topological polar surface area (TPSA) is 131 Å². The summed E-state index contributed by atoms with van der Waals surface area (Å²) in [6.07, 6.45) is 6.70. The van der Waals surface area contributed by atoms with Crippen molar-refractivity contribution in [2.75, 3.05) is 52.3 Å². The average molecular weight is 525 g/mol. The van der Waals surface area contributed by atoms with Crippen molar-refractivity contribution in [1.29, 1.82) is 0 Å². The first kappa shape index (κ1) is 25.7. The summed E-state index contributed by atoms with van der Waals surface area (Å²) in [6, 6.07) is 6.06. The SMILES string of the molecule is Cc1cc(Nc2ncnc3cc(NSCCO)cc(N4CCC5(CC4)CC5)c23)nc(NC(C)(C)CO)n1. The molecule has 2 aliphatic rings. The molecule has 1 aromatic carbocycles. The highest BCUT2D eigenvalue weighted by molar-refractivity contribution is 8.00. The van der Waals surface area contributed by atoms with Crippen LogP contribution in [0.5, 0.6) is 0 Å². The molecule has 10 nitrogen and oxygen atoms in total.